The molecule has 2 heterocycles. The molecule has 2 aliphatic heterocycles. The molecule has 3 heteroatoms. The van der Waals surface area contributed by atoms with Crippen LogP contribution in [0.3, 0.4) is 0 Å². The molecule has 1 fully saturated rings. The molecule has 0 radical (unpaired) electrons. The molecular weight excluding hydrogens is 284 g/mol. The molecule has 1 saturated heterocycles. The van der Waals surface area contributed by atoms with Crippen molar-refractivity contribution in [2.45, 2.75) is 24.9 Å². The number of hydrogen-bond acceptors (Lipinski definition) is 3. The van der Waals surface area contributed by atoms with Crippen LogP contribution in [-0.4, -0.2) is 43.0 Å². The van der Waals surface area contributed by atoms with Gasteiger partial charge in [-0.3, -0.25) is 4.90 Å². The van der Waals surface area contributed by atoms with Gasteiger partial charge < -0.3 is 9.64 Å². The second kappa shape index (κ2) is 5.99. The molecular formula is C20H24N2O. The number of hydrogen-bond donors (Lipinski definition) is 0. The fraction of sp³-hybridized carbons (Fsp3) is 0.400. The molecule has 0 bridgehead atoms. The number of ether oxygens (including phenoxy) is 1. The Hall–Kier alpha value is -1.84. The van der Waals surface area contributed by atoms with Gasteiger partial charge in [0, 0.05) is 23.7 Å². The van der Waals surface area contributed by atoms with Crippen molar-refractivity contribution in [3.63, 3.8) is 0 Å². The number of fused-ring (bicyclic) bond motifs is 2. The first-order chi connectivity index (χ1) is 11.2. The first kappa shape index (κ1) is 14.7. The molecule has 0 aliphatic carbocycles. The van der Waals surface area contributed by atoms with E-state index in [1.165, 1.54) is 24.0 Å². The summed E-state index contributed by atoms with van der Waals surface area (Å²) in [5, 5.41) is 0. The zero-order valence-corrected chi connectivity index (χ0v) is 13.9. The topological polar surface area (TPSA) is 15.7 Å². The van der Waals surface area contributed by atoms with E-state index in [0.29, 0.717) is 12.1 Å². The van der Waals surface area contributed by atoms with Crippen LogP contribution in [0.2, 0.25) is 0 Å². The summed E-state index contributed by atoms with van der Waals surface area (Å²) < 4.78 is 6.15. The van der Waals surface area contributed by atoms with Gasteiger partial charge in [0.1, 0.15) is 11.5 Å². The monoisotopic (exact) mass is 308 g/mol. The van der Waals surface area contributed by atoms with Crippen LogP contribution in [0.4, 0.5) is 0 Å². The first-order valence-corrected chi connectivity index (χ1v) is 8.50. The van der Waals surface area contributed by atoms with Gasteiger partial charge in [0.25, 0.3) is 0 Å². The van der Waals surface area contributed by atoms with Crippen molar-refractivity contribution in [3.8, 4) is 11.5 Å². The van der Waals surface area contributed by atoms with Gasteiger partial charge in [-0.1, -0.05) is 36.4 Å². The van der Waals surface area contributed by atoms with Crippen LogP contribution in [0.15, 0.2) is 48.5 Å². The molecule has 0 saturated carbocycles. The minimum absolute atomic E-state index is 0.309. The van der Waals surface area contributed by atoms with E-state index in [1.54, 1.807) is 0 Å². The third-order valence-corrected chi connectivity index (χ3v) is 4.98. The Labute approximate surface area is 138 Å². The summed E-state index contributed by atoms with van der Waals surface area (Å²) in [7, 11) is 4.34. The fourth-order valence-corrected chi connectivity index (χ4v) is 4.06. The van der Waals surface area contributed by atoms with E-state index in [4.69, 9.17) is 4.74 Å². The zero-order valence-electron chi connectivity index (χ0n) is 13.9. The lowest BCUT2D eigenvalue weighted by Gasteiger charge is -2.38. The molecule has 0 amide bonds. The van der Waals surface area contributed by atoms with Crippen LogP contribution in [-0.2, 0) is 0 Å². The highest BCUT2D eigenvalue weighted by molar-refractivity contribution is 5.53. The maximum absolute atomic E-state index is 6.15. The summed E-state index contributed by atoms with van der Waals surface area (Å²) in [6.45, 7) is 2.27. The summed E-state index contributed by atoms with van der Waals surface area (Å²) in [6, 6.07) is 17.9. The molecule has 1 unspecified atom stereocenters. The van der Waals surface area contributed by atoms with Crippen molar-refractivity contribution < 1.29 is 4.74 Å². The Morgan fingerprint density at radius 3 is 2.22 bits per heavy atom. The summed E-state index contributed by atoms with van der Waals surface area (Å²) >= 11 is 0. The highest BCUT2D eigenvalue weighted by atomic mass is 16.5. The van der Waals surface area contributed by atoms with Crippen LogP contribution >= 0.6 is 0 Å². The molecule has 0 spiro atoms. The SMILES string of the molecule is CN(C)CC1CCCN1C1c2ccccc2Oc2ccccc21. The Morgan fingerprint density at radius 1 is 1.00 bits per heavy atom. The van der Waals surface area contributed by atoms with Crippen LogP contribution < -0.4 is 4.74 Å². The molecule has 23 heavy (non-hydrogen) atoms. The Balaban J connectivity index is 1.78. The van der Waals surface area contributed by atoms with Crippen LogP contribution in [0, 0.1) is 0 Å². The van der Waals surface area contributed by atoms with Gasteiger partial charge in [-0.05, 0) is 45.6 Å². The Morgan fingerprint density at radius 2 is 1.61 bits per heavy atom. The molecule has 2 aliphatic rings. The van der Waals surface area contributed by atoms with Gasteiger partial charge in [-0.15, -0.1) is 0 Å². The van der Waals surface area contributed by atoms with E-state index in [0.717, 1.165) is 24.6 Å². The van der Waals surface area contributed by atoms with E-state index < -0.39 is 0 Å². The average molecular weight is 308 g/mol. The van der Waals surface area contributed by atoms with Gasteiger partial charge in [-0.25, -0.2) is 0 Å². The third-order valence-electron chi connectivity index (χ3n) is 4.98. The minimum atomic E-state index is 0.309. The predicted molar refractivity (Wildman–Crippen MR) is 93.1 cm³/mol. The zero-order chi connectivity index (χ0) is 15.8. The molecule has 2 aromatic rings. The molecule has 2 aromatic carbocycles. The van der Waals surface area contributed by atoms with Crippen LogP contribution in [0.25, 0.3) is 0 Å². The number of para-hydroxylation sites is 2. The largest absolute Gasteiger partial charge is 0.457 e. The number of benzene rings is 2. The lowest BCUT2D eigenvalue weighted by molar-refractivity contribution is 0.165. The second-order valence-corrected chi connectivity index (χ2v) is 6.88. The van der Waals surface area contributed by atoms with Gasteiger partial charge >= 0.3 is 0 Å². The summed E-state index contributed by atoms with van der Waals surface area (Å²) in [4.78, 5) is 4.99. The van der Waals surface area contributed by atoms with Crippen molar-refractivity contribution in [1.82, 2.24) is 9.80 Å². The second-order valence-electron chi connectivity index (χ2n) is 6.88. The number of nitrogens with zero attached hydrogens (tertiary/aromatic N) is 2. The first-order valence-electron chi connectivity index (χ1n) is 8.50. The van der Waals surface area contributed by atoms with Crippen LogP contribution in [0.5, 0.6) is 11.5 Å². The smallest absolute Gasteiger partial charge is 0.132 e. The average Bonchev–Trinajstić information content (AvgIpc) is 2.99. The van der Waals surface area contributed by atoms with Crippen molar-refractivity contribution in [2.75, 3.05) is 27.2 Å². The summed E-state index contributed by atoms with van der Waals surface area (Å²) in [5.74, 6) is 2.01. The fourth-order valence-electron chi connectivity index (χ4n) is 4.06. The molecule has 0 aromatic heterocycles. The number of likely N-dealkylation sites (N-methyl/N-ethyl adjacent to an activating group) is 1. The van der Waals surface area contributed by atoms with Gasteiger partial charge in [0.05, 0.1) is 6.04 Å². The summed E-state index contributed by atoms with van der Waals surface area (Å²) in [6.07, 6.45) is 2.56. The predicted octanol–water partition coefficient (Wildman–Crippen LogP) is 3.91. The van der Waals surface area contributed by atoms with Crippen LogP contribution in [0.1, 0.15) is 30.0 Å². The normalized spacial score (nSPS) is 21.1. The van der Waals surface area contributed by atoms with E-state index in [1.807, 2.05) is 0 Å². The quantitative estimate of drug-likeness (QED) is 0.855. The van der Waals surface area contributed by atoms with Gasteiger partial charge in [0.2, 0.25) is 0 Å². The highest BCUT2D eigenvalue weighted by Gasteiger charge is 2.37. The van der Waals surface area contributed by atoms with E-state index in [2.05, 4.69) is 72.4 Å². The van der Waals surface area contributed by atoms with Crippen molar-refractivity contribution in [3.05, 3.63) is 59.7 Å². The third kappa shape index (κ3) is 2.64. The Kier molecular flexibility index (Phi) is 3.83. The molecule has 1 atom stereocenters. The lowest BCUT2D eigenvalue weighted by Crippen LogP contribution is -2.41. The van der Waals surface area contributed by atoms with Gasteiger partial charge in [-0.2, -0.15) is 0 Å². The maximum Gasteiger partial charge on any atom is 0.132 e. The highest BCUT2D eigenvalue weighted by Crippen LogP contribution is 2.47. The van der Waals surface area contributed by atoms with E-state index in [-0.39, 0.29) is 0 Å². The number of rotatable bonds is 3. The molecule has 3 nitrogen and oxygen atoms in total. The molecule has 120 valence electrons. The van der Waals surface area contributed by atoms with Crippen molar-refractivity contribution in [2.24, 2.45) is 0 Å². The Bertz CT molecular complexity index is 652. The summed E-state index contributed by atoms with van der Waals surface area (Å²) in [5.41, 5.74) is 2.61. The van der Waals surface area contributed by atoms with Crippen molar-refractivity contribution >= 4 is 0 Å². The molecule has 4 rings (SSSR count). The standard InChI is InChI=1S/C20H24N2O/c1-21(2)14-15-8-7-13-22(15)20-16-9-3-5-11-18(16)23-19-12-6-4-10-17(19)20/h3-6,9-12,15,20H,7-8,13-14H2,1-2H3. The number of likely N-dealkylation sites (tertiary alicyclic amines) is 1. The van der Waals surface area contributed by atoms with E-state index >= 15 is 0 Å². The maximum atomic E-state index is 6.15. The molecule has 0 N–H and O–H groups in total. The van der Waals surface area contributed by atoms with Crippen molar-refractivity contribution in [1.29, 1.82) is 0 Å². The van der Waals surface area contributed by atoms with Gasteiger partial charge in [0.15, 0.2) is 0 Å². The lowest BCUT2D eigenvalue weighted by atomic mass is 9.92. The minimum Gasteiger partial charge on any atom is -0.457 e. The van der Waals surface area contributed by atoms with E-state index in [9.17, 15) is 0 Å².